The number of thiophene rings is 1. The van der Waals surface area contributed by atoms with Gasteiger partial charge in [0.1, 0.15) is 6.54 Å². The predicted molar refractivity (Wildman–Crippen MR) is 58.5 cm³/mol. The summed E-state index contributed by atoms with van der Waals surface area (Å²) in [5.41, 5.74) is 0.988. The fourth-order valence-electron chi connectivity index (χ4n) is 1.21. The van der Waals surface area contributed by atoms with Crippen molar-refractivity contribution in [1.29, 1.82) is 0 Å². The Kier molecular flexibility index (Phi) is 3.09. The summed E-state index contributed by atoms with van der Waals surface area (Å²) in [5.74, 6) is -0.0257. The molecule has 0 atom stereocenters. The number of hydrogen-bond acceptors (Lipinski definition) is 2. The number of nitrogens with one attached hydrogen (secondary N) is 2. The van der Waals surface area contributed by atoms with Gasteiger partial charge in [0.05, 0.1) is 4.88 Å². The van der Waals surface area contributed by atoms with Gasteiger partial charge < -0.3 is 5.32 Å². The Bertz CT molecular complexity index is 425. The van der Waals surface area contributed by atoms with E-state index < -0.39 is 0 Å². The molecule has 2 rings (SSSR count). The first kappa shape index (κ1) is 9.86. The average Bonchev–Trinajstić information content (AvgIpc) is 2.81. The van der Waals surface area contributed by atoms with Crippen molar-refractivity contribution in [2.75, 3.05) is 0 Å². The Morgan fingerprint density at radius 1 is 1.33 bits per heavy atom. The number of aromatic nitrogens is 1. The predicted octanol–water partition coefficient (Wildman–Crippen LogP) is 1.49. The summed E-state index contributed by atoms with van der Waals surface area (Å²) in [6, 6.07) is 9.46. The summed E-state index contributed by atoms with van der Waals surface area (Å²) in [6.07, 6.45) is 1.84. The lowest BCUT2D eigenvalue weighted by Gasteiger charge is -1.98. The molecule has 0 unspecified atom stereocenters. The second kappa shape index (κ2) is 4.70. The summed E-state index contributed by atoms with van der Waals surface area (Å²) >= 11 is 1.44. The van der Waals surface area contributed by atoms with Crippen LogP contribution in [0.25, 0.3) is 0 Å². The summed E-state index contributed by atoms with van der Waals surface area (Å²) in [6.45, 7) is 0.525. The number of amides is 1. The maximum Gasteiger partial charge on any atom is 0.261 e. The number of rotatable bonds is 3. The molecule has 0 aliphatic heterocycles. The molecule has 0 spiro atoms. The second-order valence-electron chi connectivity index (χ2n) is 3.05. The largest absolute Gasteiger partial charge is 0.341 e. The smallest absolute Gasteiger partial charge is 0.261 e. The molecule has 4 heteroatoms. The van der Waals surface area contributed by atoms with Crippen molar-refractivity contribution in [3.05, 3.63) is 52.5 Å². The maximum absolute atomic E-state index is 11.6. The van der Waals surface area contributed by atoms with Crippen LogP contribution in [0.2, 0.25) is 0 Å². The fraction of sp³-hybridized carbons (Fsp3) is 0.0909. The molecule has 76 valence electrons. The molecule has 0 aliphatic carbocycles. The molecular formula is C11H11N2OS+. The highest BCUT2D eigenvalue weighted by Gasteiger charge is 2.07. The molecule has 2 heterocycles. The van der Waals surface area contributed by atoms with Crippen LogP contribution in [0.15, 0.2) is 41.9 Å². The second-order valence-corrected chi connectivity index (χ2v) is 4.00. The summed E-state index contributed by atoms with van der Waals surface area (Å²) in [4.78, 5) is 15.4. The van der Waals surface area contributed by atoms with Gasteiger partial charge in [-0.05, 0) is 11.4 Å². The molecule has 2 N–H and O–H groups in total. The van der Waals surface area contributed by atoms with Crippen LogP contribution in [-0.2, 0) is 6.54 Å². The van der Waals surface area contributed by atoms with Crippen LogP contribution >= 0.6 is 11.3 Å². The lowest BCUT2D eigenvalue weighted by atomic mass is 10.3. The zero-order valence-electron chi connectivity index (χ0n) is 8.07. The van der Waals surface area contributed by atoms with Crippen LogP contribution in [-0.4, -0.2) is 5.91 Å². The molecule has 0 saturated heterocycles. The zero-order chi connectivity index (χ0) is 10.5. The average molecular weight is 219 g/mol. The summed E-state index contributed by atoms with van der Waals surface area (Å²) in [7, 11) is 0. The topological polar surface area (TPSA) is 43.2 Å². The van der Waals surface area contributed by atoms with Crippen molar-refractivity contribution in [3.8, 4) is 0 Å². The molecule has 3 nitrogen and oxygen atoms in total. The van der Waals surface area contributed by atoms with Crippen LogP contribution in [0.4, 0.5) is 0 Å². The van der Waals surface area contributed by atoms with E-state index in [2.05, 4.69) is 10.3 Å². The van der Waals surface area contributed by atoms with Gasteiger partial charge in [0.2, 0.25) is 0 Å². The van der Waals surface area contributed by atoms with Gasteiger partial charge in [0, 0.05) is 12.1 Å². The van der Waals surface area contributed by atoms with E-state index in [1.54, 1.807) is 0 Å². The number of aromatic amines is 1. The van der Waals surface area contributed by atoms with Crippen molar-refractivity contribution in [2.24, 2.45) is 0 Å². The van der Waals surface area contributed by atoms with Crippen molar-refractivity contribution >= 4 is 17.2 Å². The lowest BCUT2D eigenvalue weighted by Crippen LogP contribution is -2.25. The van der Waals surface area contributed by atoms with Crippen LogP contribution in [0, 0.1) is 0 Å². The molecule has 0 aromatic carbocycles. The Morgan fingerprint density at radius 2 is 2.27 bits per heavy atom. The highest BCUT2D eigenvalue weighted by atomic mass is 32.1. The third-order valence-electron chi connectivity index (χ3n) is 1.96. The lowest BCUT2D eigenvalue weighted by molar-refractivity contribution is -0.390. The first-order valence-electron chi connectivity index (χ1n) is 4.63. The van der Waals surface area contributed by atoms with E-state index in [9.17, 15) is 4.79 Å². The first-order chi connectivity index (χ1) is 7.36. The Hall–Kier alpha value is -1.68. The van der Waals surface area contributed by atoms with Gasteiger partial charge in [-0.3, -0.25) is 4.79 Å². The van der Waals surface area contributed by atoms with Crippen molar-refractivity contribution in [1.82, 2.24) is 5.32 Å². The van der Waals surface area contributed by atoms with Gasteiger partial charge in [-0.15, -0.1) is 11.3 Å². The summed E-state index contributed by atoms with van der Waals surface area (Å²) < 4.78 is 0. The molecule has 0 aliphatic rings. The molecule has 0 bridgehead atoms. The van der Waals surface area contributed by atoms with Gasteiger partial charge in [-0.25, -0.2) is 4.98 Å². The molecule has 1 amide bonds. The Morgan fingerprint density at radius 3 is 2.93 bits per heavy atom. The SMILES string of the molecule is O=C(NCc1cccc[nH+]1)c1cccs1. The molecule has 2 aromatic heterocycles. The maximum atomic E-state index is 11.6. The van der Waals surface area contributed by atoms with E-state index in [0.717, 1.165) is 10.6 Å². The fourth-order valence-corrected chi connectivity index (χ4v) is 1.85. The normalized spacial score (nSPS) is 9.87. The van der Waals surface area contributed by atoms with Crippen LogP contribution in [0.3, 0.4) is 0 Å². The number of hydrogen-bond donors (Lipinski definition) is 1. The summed E-state index contributed by atoms with van der Waals surface area (Å²) in [5, 5.41) is 4.73. The minimum absolute atomic E-state index is 0.0257. The molecule has 0 fully saturated rings. The van der Waals surface area contributed by atoms with E-state index in [-0.39, 0.29) is 5.91 Å². The molecule has 0 saturated carbocycles. The van der Waals surface area contributed by atoms with Crippen molar-refractivity contribution < 1.29 is 9.78 Å². The first-order valence-corrected chi connectivity index (χ1v) is 5.51. The standard InChI is InChI=1S/C11H10N2OS/c14-11(10-5-3-7-15-10)13-8-9-4-1-2-6-12-9/h1-7H,8H2,(H,13,14)/p+1. The minimum atomic E-state index is -0.0257. The highest BCUT2D eigenvalue weighted by Crippen LogP contribution is 2.07. The number of carbonyl (C=O) groups is 1. The van der Waals surface area contributed by atoms with E-state index >= 15 is 0 Å². The van der Waals surface area contributed by atoms with E-state index in [1.807, 2.05) is 41.9 Å². The van der Waals surface area contributed by atoms with E-state index in [4.69, 9.17) is 0 Å². The third-order valence-corrected chi connectivity index (χ3v) is 2.83. The number of H-pyrrole nitrogens is 1. The molecule has 0 radical (unpaired) electrons. The third kappa shape index (κ3) is 2.63. The van der Waals surface area contributed by atoms with Crippen LogP contribution in [0.5, 0.6) is 0 Å². The quantitative estimate of drug-likeness (QED) is 0.835. The monoisotopic (exact) mass is 219 g/mol. The Labute approximate surface area is 91.8 Å². The van der Waals surface area contributed by atoms with Gasteiger partial charge in [0.15, 0.2) is 11.9 Å². The molecule has 2 aromatic rings. The van der Waals surface area contributed by atoms with E-state index in [0.29, 0.717) is 6.54 Å². The van der Waals surface area contributed by atoms with Crippen molar-refractivity contribution in [2.45, 2.75) is 6.54 Å². The molecule has 15 heavy (non-hydrogen) atoms. The van der Waals surface area contributed by atoms with Gasteiger partial charge in [-0.1, -0.05) is 12.1 Å². The van der Waals surface area contributed by atoms with Gasteiger partial charge in [0.25, 0.3) is 5.91 Å². The van der Waals surface area contributed by atoms with Gasteiger partial charge in [-0.2, -0.15) is 0 Å². The van der Waals surface area contributed by atoms with Crippen LogP contribution in [0.1, 0.15) is 15.4 Å². The number of carbonyl (C=O) groups excluding carboxylic acids is 1. The zero-order valence-corrected chi connectivity index (χ0v) is 8.88. The highest BCUT2D eigenvalue weighted by molar-refractivity contribution is 7.12. The van der Waals surface area contributed by atoms with E-state index in [1.165, 1.54) is 11.3 Å². The van der Waals surface area contributed by atoms with Gasteiger partial charge >= 0.3 is 0 Å². The number of pyridine rings is 1. The Balaban J connectivity index is 1.92. The minimum Gasteiger partial charge on any atom is -0.341 e. The molecular weight excluding hydrogens is 208 g/mol. The van der Waals surface area contributed by atoms with Crippen molar-refractivity contribution in [3.63, 3.8) is 0 Å². The van der Waals surface area contributed by atoms with Crippen LogP contribution < -0.4 is 10.3 Å².